The molecule has 0 saturated heterocycles. The summed E-state index contributed by atoms with van der Waals surface area (Å²) in [6, 6.07) is 3.80. The second kappa shape index (κ2) is 6.23. The lowest BCUT2D eigenvalue weighted by Crippen LogP contribution is -2.36. The minimum Gasteiger partial charge on any atom is -0.479 e. The molecule has 1 rings (SSSR count). The van der Waals surface area contributed by atoms with Crippen molar-refractivity contribution < 1.29 is 17.9 Å². The quantitative estimate of drug-likeness (QED) is 0.844. The molecule has 1 atom stereocenters. The topological polar surface area (TPSA) is 98.5 Å². The first-order valence-corrected chi connectivity index (χ1v) is 7.45. The Morgan fingerprint density at radius 1 is 1.53 bits per heavy atom. The fraction of sp³-hybridized carbons (Fsp3) is 0.364. The van der Waals surface area contributed by atoms with E-state index in [1.807, 2.05) is 0 Å². The molecule has 1 aromatic rings. The van der Waals surface area contributed by atoms with E-state index in [4.69, 9.17) is 21.5 Å². The number of hydrogen-bond acceptors (Lipinski definition) is 4. The normalized spacial score (nSPS) is 12.8. The molecule has 0 fully saturated rings. The van der Waals surface area contributed by atoms with Crippen molar-refractivity contribution >= 4 is 27.5 Å². The predicted octanol–water partition coefficient (Wildman–Crippen LogP) is 0.891. The van der Waals surface area contributed by atoms with Crippen molar-refractivity contribution in [1.29, 1.82) is 0 Å². The molecule has 1 amide bonds. The number of hydrogen-bond donors (Lipinski definition) is 2. The average molecular weight is 307 g/mol. The zero-order valence-electron chi connectivity index (χ0n) is 10.5. The summed E-state index contributed by atoms with van der Waals surface area (Å²) < 4.78 is 27.6. The van der Waals surface area contributed by atoms with Gasteiger partial charge in [0.15, 0.2) is 6.10 Å². The number of nitrogens with two attached hydrogens (primary N) is 1. The van der Waals surface area contributed by atoms with Gasteiger partial charge in [-0.25, -0.2) is 13.6 Å². The standard InChI is InChI=1S/C11H15ClN2O4S/c1-3-14-11(15)7(2)18-10-5-4-8(6-9(10)12)19(13,16)17/h4-7H,3H2,1-2H3,(H,14,15)(H2,13,16,17). The Morgan fingerprint density at radius 2 is 2.16 bits per heavy atom. The Balaban J connectivity index is 2.89. The zero-order valence-corrected chi connectivity index (χ0v) is 12.1. The molecule has 0 aromatic heterocycles. The van der Waals surface area contributed by atoms with Gasteiger partial charge in [-0.15, -0.1) is 0 Å². The third-order valence-electron chi connectivity index (χ3n) is 2.26. The van der Waals surface area contributed by atoms with Crippen molar-refractivity contribution in [1.82, 2.24) is 5.32 Å². The number of likely N-dealkylation sites (N-methyl/N-ethyl adjacent to an activating group) is 1. The van der Waals surface area contributed by atoms with Crippen molar-refractivity contribution in [2.24, 2.45) is 5.14 Å². The van der Waals surface area contributed by atoms with Gasteiger partial charge >= 0.3 is 0 Å². The number of rotatable bonds is 5. The van der Waals surface area contributed by atoms with Crippen LogP contribution in [0, 0.1) is 0 Å². The summed E-state index contributed by atoms with van der Waals surface area (Å²) in [6.07, 6.45) is -0.738. The molecule has 0 aliphatic carbocycles. The molecular formula is C11H15ClN2O4S. The SMILES string of the molecule is CCNC(=O)C(C)Oc1ccc(S(N)(=O)=O)cc1Cl. The van der Waals surface area contributed by atoms with Crippen LogP contribution in [0.4, 0.5) is 0 Å². The van der Waals surface area contributed by atoms with Crippen molar-refractivity contribution in [2.45, 2.75) is 24.8 Å². The number of primary sulfonamides is 1. The number of amides is 1. The number of ether oxygens (including phenoxy) is 1. The van der Waals surface area contributed by atoms with Crippen LogP contribution in [-0.2, 0) is 14.8 Å². The molecule has 1 aromatic carbocycles. The Morgan fingerprint density at radius 3 is 2.63 bits per heavy atom. The van der Waals surface area contributed by atoms with E-state index in [1.165, 1.54) is 18.2 Å². The summed E-state index contributed by atoms with van der Waals surface area (Å²) in [5, 5.41) is 7.64. The lowest BCUT2D eigenvalue weighted by atomic mass is 10.3. The van der Waals surface area contributed by atoms with Gasteiger partial charge in [0.2, 0.25) is 10.0 Å². The van der Waals surface area contributed by atoms with E-state index < -0.39 is 16.1 Å². The number of carbonyl (C=O) groups is 1. The highest BCUT2D eigenvalue weighted by atomic mass is 35.5. The first kappa shape index (κ1) is 15.7. The molecule has 0 aliphatic heterocycles. The summed E-state index contributed by atoms with van der Waals surface area (Å²) in [6.45, 7) is 3.85. The highest BCUT2D eigenvalue weighted by Gasteiger charge is 2.17. The maximum Gasteiger partial charge on any atom is 0.260 e. The minimum atomic E-state index is -3.81. The molecule has 106 valence electrons. The maximum absolute atomic E-state index is 11.5. The molecular weight excluding hydrogens is 292 g/mol. The van der Waals surface area contributed by atoms with Gasteiger partial charge in [-0.1, -0.05) is 11.6 Å². The number of carbonyl (C=O) groups excluding carboxylic acids is 1. The van der Waals surface area contributed by atoms with E-state index >= 15 is 0 Å². The van der Waals surface area contributed by atoms with Crippen LogP contribution in [0.15, 0.2) is 23.1 Å². The Kier molecular flexibility index (Phi) is 5.16. The fourth-order valence-electron chi connectivity index (χ4n) is 1.32. The third kappa shape index (κ3) is 4.38. The molecule has 6 nitrogen and oxygen atoms in total. The van der Waals surface area contributed by atoms with Crippen LogP contribution in [0.1, 0.15) is 13.8 Å². The number of nitrogens with one attached hydrogen (secondary N) is 1. The Bertz CT molecular complexity index is 574. The highest BCUT2D eigenvalue weighted by molar-refractivity contribution is 7.89. The smallest absolute Gasteiger partial charge is 0.260 e. The Labute approximate surface area is 116 Å². The van der Waals surface area contributed by atoms with Gasteiger partial charge in [0, 0.05) is 6.54 Å². The number of sulfonamides is 1. The van der Waals surface area contributed by atoms with E-state index in [1.54, 1.807) is 13.8 Å². The van der Waals surface area contributed by atoms with Crippen LogP contribution in [0.5, 0.6) is 5.75 Å². The van der Waals surface area contributed by atoms with Crippen LogP contribution < -0.4 is 15.2 Å². The van der Waals surface area contributed by atoms with Crippen LogP contribution >= 0.6 is 11.6 Å². The zero-order chi connectivity index (χ0) is 14.6. The highest BCUT2D eigenvalue weighted by Crippen LogP contribution is 2.27. The Hall–Kier alpha value is -1.31. The molecule has 0 heterocycles. The summed E-state index contributed by atoms with van der Waals surface area (Å²) >= 11 is 5.88. The summed E-state index contributed by atoms with van der Waals surface area (Å²) in [7, 11) is -3.81. The van der Waals surface area contributed by atoms with Crippen molar-refractivity contribution in [3.05, 3.63) is 23.2 Å². The van der Waals surface area contributed by atoms with Gasteiger partial charge in [-0.05, 0) is 32.0 Å². The lowest BCUT2D eigenvalue weighted by Gasteiger charge is -2.15. The molecule has 1 unspecified atom stereocenters. The maximum atomic E-state index is 11.5. The molecule has 0 saturated carbocycles. The van der Waals surface area contributed by atoms with E-state index in [2.05, 4.69) is 5.32 Å². The predicted molar refractivity (Wildman–Crippen MR) is 71.6 cm³/mol. The van der Waals surface area contributed by atoms with Gasteiger partial charge in [0.1, 0.15) is 5.75 Å². The lowest BCUT2D eigenvalue weighted by molar-refractivity contribution is -0.127. The minimum absolute atomic E-state index is 0.0719. The molecule has 0 aliphatic rings. The second-order valence-electron chi connectivity index (χ2n) is 3.79. The average Bonchev–Trinajstić information content (AvgIpc) is 2.30. The van der Waals surface area contributed by atoms with Gasteiger partial charge < -0.3 is 10.1 Å². The first-order valence-electron chi connectivity index (χ1n) is 5.52. The molecule has 3 N–H and O–H groups in total. The van der Waals surface area contributed by atoms with Gasteiger partial charge in [-0.3, -0.25) is 4.79 Å². The summed E-state index contributed by atoms with van der Waals surface area (Å²) in [5.41, 5.74) is 0. The summed E-state index contributed by atoms with van der Waals surface area (Å²) in [4.78, 5) is 11.4. The molecule has 0 bridgehead atoms. The van der Waals surface area contributed by atoms with Crippen molar-refractivity contribution in [2.75, 3.05) is 6.54 Å². The van der Waals surface area contributed by atoms with Crippen LogP contribution in [0.3, 0.4) is 0 Å². The van der Waals surface area contributed by atoms with E-state index in [9.17, 15) is 13.2 Å². The van der Waals surface area contributed by atoms with Crippen molar-refractivity contribution in [3.63, 3.8) is 0 Å². The molecule has 19 heavy (non-hydrogen) atoms. The monoisotopic (exact) mass is 306 g/mol. The molecule has 0 spiro atoms. The van der Waals surface area contributed by atoms with Gasteiger partial charge in [0.25, 0.3) is 5.91 Å². The second-order valence-corrected chi connectivity index (χ2v) is 5.76. The first-order chi connectivity index (χ1) is 8.75. The van der Waals surface area contributed by atoms with Crippen LogP contribution in [-0.4, -0.2) is 27.0 Å². The number of halogens is 1. The van der Waals surface area contributed by atoms with E-state index in [-0.39, 0.29) is 21.6 Å². The largest absolute Gasteiger partial charge is 0.479 e. The molecule has 0 radical (unpaired) electrons. The van der Waals surface area contributed by atoms with Gasteiger partial charge in [0.05, 0.1) is 9.92 Å². The van der Waals surface area contributed by atoms with Gasteiger partial charge in [-0.2, -0.15) is 0 Å². The number of benzene rings is 1. The molecule has 8 heteroatoms. The van der Waals surface area contributed by atoms with Crippen LogP contribution in [0.25, 0.3) is 0 Å². The third-order valence-corrected chi connectivity index (χ3v) is 3.46. The van der Waals surface area contributed by atoms with Crippen molar-refractivity contribution in [3.8, 4) is 5.75 Å². The van der Waals surface area contributed by atoms with E-state index in [0.29, 0.717) is 6.54 Å². The summed E-state index contributed by atoms with van der Waals surface area (Å²) in [5.74, 6) is -0.0677. The fourth-order valence-corrected chi connectivity index (χ4v) is 2.15. The van der Waals surface area contributed by atoms with E-state index in [0.717, 1.165) is 0 Å². The van der Waals surface area contributed by atoms with Crippen LogP contribution in [0.2, 0.25) is 5.02 Å².